The van der Waals surface area contributed by atoms with Gasteiger partial charge in [0.05, 0.1) is 10.5 Å². The number of nitro groups is 1. The van der Waals surface area contributed by atoms with Gasteiger partial charge in [0, 0.05) is 43.8 Å². The number of hydrogen-bond acceptors (Lipinski definition) is 4. The van der Waals surface area contributed by atoms with Crippen LogP contribution in [-0.2, 0) is 11.0 Å². The van der Waals surface area contributed by atoms with Crippen molar-refractivity contribution < 1.29 is 22.9 Å². The Balaban J connectivity index is 1.85. The SMILES string of the molecule is O=C1CC2(CCN(c3ccc([N+](=O)[O-])cc3C(F)(F)F)CC2)C1. The lowest BCUT2D eigenvalue weighted by atomic mass is 9.62. The third kappa shape index (κ3) is 2.89. The summed E-state index contributed by atoms with van der Waals surface area (Å²) in [4.78, 5) is 22.7. The number of benzene rings is 1. The lowest BCUT2D eigenvalue weighted by Gasteiger charge is -2.47. The van der Waals surface area contributed by atoms with E-state index in [4.69, 9.17) is 0 Å². The number of halogens is 3. The molecule has 0 bridgehead atoms. The van der Waals surface area contributed by atoms with E-state index in [1.54, 1.807) is 4.90 Å². The second-order valence-corrected chi connectivity index (χ2v) is 6.34. The van der Waals surface area contributed by atoms with E-state index in [9.17, 15) is 28.1 Å². The average molecular weight is 328 g/mol. The molecule has 0 atom stereocenters. The molecule has 1 heterocycles. The van der Waals surface area contributed by atoms with Gasteiger partial charge in [-0.15, -0.1) is 0 Å². The molecule has 0 radical (unpaired) electrons. The summed E-state index contributed by atoms with van der Waals surface area (Å²) in [5, 5.41) is 10.7. The quantitative estimate of drug-likeness (QED) is 0.615. The molecule has 0 unspecified atom stereocenters. The molecule has 3 rings (SSSR count). The van der Waals surface area contributed by atoms with E-state index in [1.165, 1.54) is 6.07 Å². The van der Waals surface area contributed by atoms with Crippen LogP contribution in [0.5, 0.6) is 0 Å². The summed E-state index contributed by atoms with van der Waals surface area (Å²) < 4.78 is 39.7. The van der Waals surface area contributed by atoms with E-state index in [0.29, 0.717) is 44.8 Å². The maximum atomic E-state index is 13.2. The molecule has 2 fully saturated rings. The monoisotopic (exact) mass is 328 g/mol. The molecule has 1 spiro atoms. The molecule has 1 aliphatic heterocycles. The Bertz CT molecular complexity index is 654. The summed E-state index contributed by atoms with van der Waals surface area (Å²) in [6.07, 6.45) is -2.26. The van der Waals surface area contributed by atoms with Crippen LogP contribution < -0.4 is 4.90 Å². The van der Waals surface area contributed by atoms with Crippen LogP contribution in [0.3, 0.4) is 0 Å². The number of Topliss-reactive ketones (excluding diaryl/α,β-unsaturated/α-hetero) is 1. The van der Waals surface area contributed by atoms with Gasteiger partial charge in [0.2, 0.25) is 0 Å². The minimum atomic E-state index is -4.65. The third-order valence-electron chi connectivity index (χ3n) is 4.81. The number of piperidine rings is 1. The van der Waals surface area contributed by atoms with Gasteiger partial charge in [-0.3, -0.25) is 14.9 Å². The topological polar surface area (TPSA) is 63.5 Å². The van der Waals surface area contributed by atoms with Gasteiger partial charge in [-0.25, -0.2) is 0 Å². The van der Waals surface area contributed by atoms with E-state index < -0.39 is 22.4 Å². The fourth-order valence-corrected chi connectivity index (χ4v) is 3.50. The Morgan fingerprint density at radius 3 is 2.26 bits per heavy atom. The Labute approximate surface area is 130 Å². The molecule has 1 saturated heterocycles. The first-order valence-corrected chi connectivity index (χ1v) is 7.33. The second-order valence-electron chi connectivity index (χ2n) is 6.34. The molecule has 0 amide bonds. The molecule has 0 N–H and O–H groups in total. The number of alkyl halides is 3. The molecule has 2 aliphatic rings. The second kappa shape index (κ2) is 5.21. The van der Waals surface area contributed by atoms with E-state index in [0.717, 1.165) is 6.07 Å². The first-order chi connectivity index (χ1) is 10.7. The number of nitrogens with zero attached hydrogens (tertiary/aromatic N) is 2. The number of carbonyl (C=O) groups excluding carboxylic acids is 1. The van der Waals surface area contributed by atoms with Crippen molar-refractivity contribution in [3.05, 3.63) is 33.9 Å². The van der Waals surface area contributed by atoms with Gasteiger partial charge >= 0.3 is 6.18 Å². The van der Waals surface area contributed by atoms with Gasteiger partial charge in [-0.1, -0.05) is 0 Å². The summed E-state index contributed by atoms with van der Waals surface area (Å²) in [6, 6.07) is 2.86. The van der Waals surface area contributed by atoms with Gasteiger partial charge < -0.3 is 4.90 Å². The van der Waals surface area contributed by atoms with E-state index in [-0.39, 0.29) is 16.9 Å². The van der Waals surface area contributed by atoms with Crippen molar-refractivity contribution in [1.29, 1.82) is 0 Å². The van der Waals surface area contributed by atoms with Crippen LogP contribution in [0.15, 0.2) is 18.2 Å². The van der Waals surface area contributed by atoms with Gasteiger partial charge in [0.1, 0.15) is 5.78 Å². The largest absolute Gasteiger partial charge is 0.418 e. The molecular formula is C15H15F3N2O3. The summed E-state index contributed by atoms with van der Waals surface area (Å²) >= 11 is 0. The van der Waals surface area contributed by atoms with E-state index in [2.05, 4.69) is 0 Å². The summed E-state index contributed by atoms with van der Waals surface area (Å²) in [5.74, 6) is 0.213. The summed E-state index contributed by atoms with van der Waals surface area (Å²) in [7, 11) is 0. The Hall–Kier alpha value is -2.12. The highest BCUT2D eigenvalue weighted by molar-refractivity contribution is 5.86. The predicted octanol–water partition coefficient (Wildman–Crippen LogP) is 3.56. The Morgan fingerprint density at radius 1 is 1.17 bits per heavy atom. The van der Waals surface area contributed by atoms with Crippen molar-refractivity contribution in [1.82, 2.24) is 0 Å². The van der Waals surface area contributed by atoms with Crippen LogP contribution >= 0.6 is 0 Å². The zero-order chi connectivity index (χ0) is 16.8. The zero-order valence-corrected chi connectivity index (χ0v) is 12.2. The number of hydrogen-bond donors (Lipinski definition) is 0. The Kier molecular flexibility index (Phi) is 3.57. The molecule has 124 valence electrons. The predicted molar refractivity (Wildman–Crippen MR) is 76.2 cm³/mol. The normalized spacial score (nSPS) is 20.5. The highest BCUT2D eigenvalue weighted by Gasteiger charge is 2.46. The minimum absolute atomic E-state index is 0.0244. The zero-order valence-electron chi connectivity index (χ0n) is 12.2. The standard InChI is InChI=1S/C15H15F3N2O3/c16-15(17,18)12-7-10(20(22)23)1-2-13(12)19-5-3-14(4-6-19)8-11(21)9-14/h1-2,7H,3-6,8-9H2. The maximum Gasteiger partial charge on any atom is 0.418 e. The van der Waals surface area contributed by atoms with Crippen molar-refractivity contribution in [2.75, 3.05) is 18.0 Å². The van der Waals surface area contributed by atoms with Gasteiger partial charge in [-0.2, -0.15) is 13.2 Å². The van der Waals surface area contributed by atoms with Crippen molar-refractivity contribution in [2.24, 2.45) is 5.41 Å². The molecular weight excluding hydrogens is 313 g/mol. The summed E-state index contributed by atoms with van der Waals surface area (Å²) in [5.41, 5.74) is -1.61. The van der Waals surface area contributed by atoms with Crippen LogP contribution in [-0.4, -0.2) is 23.8 Å². The highest BCUT2D eigenvalue weighted by atomic mass is 19.4. The fraction of sp³-hybridized carbons (Fsp3) is 0.533. The van der Waals surface area contributed by atoms with Gasteiger partial charge in [0.15, 0.2) is 0 Å². The lowest BCUT2D eigenvalue weighted by molar-refractivity contribution is -0.385. The van der Waals surface area contributed by atoms with Crippen molar-refractivity contribution >= 4 is 17.2 Å². The molecule has 23 heavy (non-hydrogen) atoms. The fourth-order valence-electron chi connectivity index (χ4n) is 3.50. The van der Waals surface area contributed by atoms with Crippen LogP contribution in [0.25, 0.3) is 0 Å². The molecule has 1 saturated carbocycles. The van der Waals surface area contributed by atoms with Gasteiger partial charge in [0.25, 0.3) is 5.69 Å². The molecule has 1 aliphatic carbocycles. The number of ketones is 1. The maximum absolute atomic E-state index is 13.2. The van der Waals surface area contributed by atoms with Crippen molar-refractivity contribution in [2.45, 2.75) is 31.9 Å². The van der Waals surface area contributed by atoms with Crippen LogP contribution in [0.1, 0.15) is 31.2 Å². The summed E-state index contributed by atoms with van der Waals surface area (Å²) in [6.45, 7) is 0.850. The number of nitro benzene ring substituents is 1. The number of non-ortho nitro benzene ring substituents is 1. The van der Waals surface area contributed by atoms with Crippen LogP contribution in [0, 0.1) is 15.5 Å². The molecule has 5 nitrogen and oxygen atoms in total. The Morgan fingerprint density at radius 2 is 1.78 bits per heavy atom. The molecule has 0 aromatic heterocycles. The van der Waals surface area contributed by atoms with Crippen LogP contribution in [0.4, 0.5) is 24.5 Å². The van der Waals surface area contributed by atoms with E-state index >= 15 is 0 Å². The van der Waals surface area contributed by atoms with Crippen molar-refractivity contribution in [3.8, 4) is 0 Å². The lowest BCUT2D eigenvalue weighted by Crippen LogP contribution is -2.47. The minimum Gasteiger partial charge on any atom is -0.371 e. The number of rotatable bonds is 2. The number of carbonyl (C=O) groups is 1. The van der Waals surface area contributed by atoms with E-state index in [1.807, 2.05) is 0 Å². The third-order valence-corrected chi connectivity index (χ3v) is 4.81. The highest BCUT2D eigenvalue weighted by Crippen LogP contribution is 2.48. The first kappa shape index (κ1) is 15.8. The molecule has 8 heteroatoms. The smallest absolute Gasteiger partial charge is 0.371 e. The van der Waals surface area contributed by atoms with Crippen molar-refractivity contribution in [3.63, 3.8) is 0 Å². The molecule has 1 aromatic carbocycles. The van der Waals surface area contributed by atoms with Crippen LogP contribution in [0.2, 0.25) is 0 Å². The average Bonchev–Trinajstić information content (AvgIpc) is 2.45. The number of anilines is 1. The van der Waals surface area contributed by atoms with Gasteiger partial charge in [-0.05, 0) is 24.3 Å². The molecule has 1 aromatic rings. The first-order valence-electron chi connectivity index (χ1n) is 7.33.